The Morgan fingerprint density at radius 3 is 1.78 bits per heavy atom. The molecule has 2 saturated heterocycles. The predicted molar refractivity (Wildman–Crippen MR) is 217 cm³/mol. The quantitative estimate of drug-likeness (QED) is 0.151. The average Bonchev–Trinajstić information content (AvgIpc) is 3.69. The number of rotatable bonds is 8. The summed E-state index contributed by atoms with van der Waals surface area (Å²) in [6.45, 7) is 10.9. The van der Waals surface area contributed by atoms with Crippen molar-refractivity contribution >= 4 is 53.1 Å². The van der Waals surface area contributed by atoms with Gasteiger partial charge in [0.2, 0.25) is 11.8 Å². The van der Waals surface area contributed by atoms with Crippen LogP contribution in [0, 0.1) is 5.21 Å². The van der Waals surface area contributed by atoms with Gasteiger partial charge in [0.1, 0.15) is 30.3 Å². The van der Waals surface area contributed by atoms with Crippen LogP contribution in [-0.2, 0) is 61.4 Å². The molecule has 4 aliphatic rings. The van der Waals surface area contributed by atoms with Crippen LogP contribution in [0.3, 0.4) is 0 Å². The van der Waals surface area contributed by atoms with Crippen molar-refractivity contribution in [2.45, 2.75) is 123 Å². The Hall–Kier alpha value is -6.13. The zero-order chi connectivity index (χ0) is 43.3. The standard InChI is InChI=1S/C44H50N6O10/c1-43(2,3)59-41(56)48-36(51)19-17-34(39(48)54)47-23-30-29(38(47)53)10-8-12-32(30)45-21-26-13-15-27(16-14-26)22-46-33-11-7-9-28-24-50(58,25-31(28)33)35-18-20-37(52)49(40(35)55)42(57)60-44(4,5)6/h7-16,34-35,45-46H,17-25H2,1-6H3. The Labute approximate surface area is 347 Å². The number of piperidine rings is 2. The van der Waals surface area contributed by atoms with Crippen LogP contribution in [0.1, 0.15) is 105 Å². The summed E-state index contributed by atoms with van der Waals surface area (Å²) in [5.74, 6) is -3.29. The lowest BCUT2D eigenvalue weighted by Gasteiger charge is -2.46. The third-order valence-corrected chi connectivity index (χ3v) is 11.0. The minimum atomic E-state index is -1.13. The van der Waals surface area contributed by atoms with E-state index in [9.17, 15) is 38.8 Å². The number of benzene rings is 3. The summed E-state index contributed by atoms with van der Waals surface area (Å²) in [5, 5.41) is 21.2. The van der Waals surface area contributed by atoms with Crippen LogP contribution in [0.4, 0.5) is 21.0 Å². The molecule has 2 fully saturated rings. The van der Waals surface area contributed by atoms with E-state index < -0.39 is 63.7 Å². The molecule has 16 heteroatoms. The van der Waals surface area contributed by atoms with Crippen molar-refractivity contribution in [1.29, 1.82) is 0 Å². The molecule has 60 heavy (non-hydrogen) atoms. The largest absolute Gasteiger partial charge is 0.632 e. The lowest BCUT2D eigenvalue weighted by atomic mass is 10.0. The van der Waals surface area contributed by atoms with Gasteiger partial charge >= 0.3 is 12.2 Å². The molecule has 3 unspecified atom stereocenters. The summed E-state index contributed by atoms with van der Waals surface area (Å²) >= 11 is 0. The second kappa shape index (κ2) is 15.8. The molecule has 2 N–H and O–H groups in total. The van der Waals surface area contributed by atoms with E-state index in [1.807, 2.05) is 48.5 Å². The van der Waals surface area contributed by atoms with Crippen molar-refractivity contribution in [2.24, 2.45) is 0 Å². The van der Waals surface area contributed by atoms with E-state index >= 15 is 0 Å². The van der Waals surface area contributed by atoms with Gasteiger partial charge in [-0.25, -0.2) is 9.59 Å². The number of fused-ring (bicyclic) bond motifs is 2. The first kappa shape index (κ1) is 42.0. The maximum Gasteiger partial charge on any atom is 0.424 e. The fourth-order valence-electron chi connectivity index (χ4n) is 8.17. The van der Waals surface area contributed by atoms with Crippen LogP contribution < -0.4 is 10.6 Å². The first-order valence-corrected chi connectivity index (χ1v) is 20.1. The van der Waals surface area contributed by atoms with Crippen molar-refractivity contribution in [1.82, 2.24) is 14.7 Å². The number of likely N-dealkylation sites (tertiary alicyclic amines) is 2. The van der Waals surface area contributed by atoms with Gasteiger partial charge in [0.25, 0.3) is 17.7 Å². The highest BCUT2D eigenvalue weighted by Gasteiger charge is 2.50. The van der Waals surface area contributed by atoms with E-state index in [1.165, 1.54) is 4.90 Å². The van der Waals surface area contributed by atoms with Crippen LogP contribution in [0.15, 0.2) is 60.7 Å². The molecule has 4 aliphatic heterocycles. The van der Waals surface area contributed by atoms with Gasteiger partial charge in [-0.1, -0.05) is 42.5 Å². The number of anilines is 2. The number of carbonyl (C=O) groups excluding carboxylic acids is 7. The van der Waals surface area contributed by atoms with Gasteiger partial charge in [-0.05, 0) is 77.3 Å². The van der Waals surface area contributed by atoms with Crippen molar-refractivity contribution in [3.05, 3.63) is 99.3 Å². The van der Waals surface area contributed by atoms with Gasteiger partial charge in [-0.15, -0.1) is 0 Å². The molecule has 16 nitrogen and oxygen atoms in total. The molecule has 4 heterocycles. The van der Waals surface area contributed by atoms with Crippen LogP contribution in [-0.4, -0.2) is 84.4 Å². The summed E-state index contributed by atoms with van der Waals surface area (Å²) in [6, 6.07) is 16.7. The summed E-state index contributed by atoms with van der Waals surface area (Å²) in [4.78, 5) is 93.8. The van der Waals surface area contributed by atoms with Gasteiger partial charge in [0.15, 0.2) is 6.04 Å². The fraction of sp³-hybridized carbons (Fsp3) is 0.432. The summed E-state index contributed by atoms with van der Waals surface area (Å²) < 4.78 is 9.71. The Balaban J connectivity index is 0.960. The van der Waals surface area contributed by atoms with E-state index in [0.717, 1.165) is 39.2 Å². The van der Waals surface area contributed by atoms with Crippen molar-refractivity contribution < 1.29 is 47.7 Å². The number of hydroxylamine groups is 3. The summed E-state index contributed by atoms with van der Waals surface area (Å²) in [5.41, 5.74) is 4.34. The first-order chi connectivity index (χ1) is 28.2. The van der Waals surface area contributed by atoms with Crippen molar-refractivity contribution in [3.8, 4) is 0 Å². The molecule has 0 radical (unpaired) electrons. The van der Waals surface area contributed by atoms with Crippen molar-refractivity contribution in [2.75, 3.05) is 10.6 Å². The molecule has 3 aromatic carbocycles. The highest BCUT2D eigenvalue weighted by molar-refractivity contribution is 6.14. The first-order valence-electron chi connectivity index (χ1n) is 20.1. The number of nitrogens with one attached hydrogen (secondary N) is 2. The predicted octanol–water partition coefficient (Wildman–Crippen LogP) is 6.10. The molecule has 3 atom stereocenters. The SMILES string of the molecule is CC(C)(C)OC(=O)N1C(=O)CCC(N2Cc3c(NCc4ccc(CNc5cccc6c5C[N+]([O-])(C5CCC(=O)N(C(=O)OC(C)(C)C)C5=O)C6)cc4)cccc3C2=O)C1=O. The lowest BCUT2D eigenvalue weighted by molar-refractivity contribution is -0.916. The molecule has 0 spiro atoms. The summed E-state index contributed by atoms with van der Waals surface area (Å²) in [6.07, 6.45) is -2.15. The number of nitrogens with zero attached hydrogens (tertiary/aromatic N) is 4. The van der Waals surface area contributed by atoms with Crippen LogP contribution in [0.5, 0.6) is 0 Å². The third kappa shape index (κ3) is 8.47. The van der Waals surface area contributed by atoms with E-state index in [2.05, 4.69) is 10.6 Å². The molecule has 316 valence electrons. The van der Waals surface area contributed by atoms with E-state index in [-0.39, 0.29) is 51.2 Å². The highest BCUT2D eigenvalue weighted by atomic mass is 16.6. The number of quaternary nitrogens is 1. The van der Waals surface area contributed by atoms with Gasteiger partial charge in [-0.2, -0.15) is 9.80 Å². The number of imide groups is 6. The number of amides is 7. The van der Waals surface area contributed by atoms with Gasteiger partial charge < -0.3 is 34.9 Å². The molecule has 0 bridgehead atoms. The molecular formula is C44H50N6O10. The summed E-state index contributed by atoms with van der Waals surface area (Å²) in [7, 11) is 0. The Morgan fingerprint density at radius 1 is 0.700 bits per heavy atom. The minimum absolute atomic E-state index is 0.00355. The topological polar surface area (TPSA) is 195 Å². The molecular weight excluding hydrogens is 773 g/mol. The minimum Gasteiger partial charge on any atom is -0.632 e. The third-order valence-electron chi connectivity index (χ3n) is 11.0. The second-order valence-corrected chi connectivity index (χ2v) is 17.7. The molecule has 0 aromatic heterocycles. The number of hydrogen-bond donors (Lipinski definition) is 2. The van der Waals surface area contributed by atoms with Crippen molar-refractivity contribution in [3.63, 3.8) is 0 Å². The molecule has 0 saturated carbocycles. The normalized spacial score (nSPS) is 21.9. The number of ether oxygens (including phenoxy) is 2. The molecule has 0 aliphatic carbocycles. The van der Waals surface area contributed by atoms with Crippen LogP contribution in [0.25, 0.3) is 0 Å². The Kier molecular flexibility index (Phi) is 11.1. The number of carbonyl (C=O) groups is 7. The zero-order valence-electron chi connectivity index (χ0n) is 34.7. The second-order valence-electron chi connectivity index (χ2n) is 17.7. The van der Waals surface area contributed by atoms with Gasteiger partial charge in [0.05, 0.1) is 0 Å². The maximum absolute atomic E-state index is 14.3. The van der Waals surface area contributed by atoms with E-state index in [0.29, 0.717) is 28.5 Å². The Bertz CT molecular complexity index is 2280. The monoisotopic (exact) mass is 822 g/mol. The Morgan fingerprint density at radius 2 is 1.22 bits per heavy atom. The fourth-order valence-corrected chi connectivity index (χ4v) is 8.17. The highest BCUT2D eigenvalue weighted by Crippen LogP contribution is 2.39. The van der Waals surface area contributed by atoms with E-state index in [4.69, 9.17) is 9.47 Å². The zero-order valence-corrected chi connectivity index (χ0v) is 34.7. The van der Waals surface area contributed by atoms with E-state index in [1.54, 1.807) is 53.7 Å². The van der Waals surface area contributed by atoms with Crippen LogP contribution in [0.2, 0.25) is 0 Å². The molecule has 7 rings (SSSR count). The van der Waals surface area contributed by atoms with Gasteiger partial charge in [0, 0.05) is 72.5 Å². The maximum atomic E-state index is 14.3. The number of hydrogen-bond acceptors (Lipinski definition) is 12. The molecule has 3 aromatic rings. The average molecular weight is 823 g/mol. The van der Waals surface area contributed by atoms with Crippen LogP contribution >= 0.6 is 0 Å². The van der Waals surface area contributed by atoms with Gasteiger partial charge in [-0.3, -0.25) is 24.0 Å². The molecule has 7 amide bonds. The lowest BCUT2D eigenvalue weighted by Crippen LogP contribution is -2.61. The smallest absolute Gasteiger partial charge is 0.424 e.